The number of rotatable bonds is 10. The lowest BCUT2D eigenvalue weighted by Crippen LogP contribution is -2.61. The monoisotopic (exact) mass is 637 g/mol. The number of methoxy groups -OCH3 is 1. The van der Waals surface area contributed by atoms with Gasteiger partial charge in [0.1, 0.15) is 23.2 Å². The highest BCUT2D eigenvalue weighted by Crippen LogP contribution is 2.66. The van der Waals surface area contributed by atoms with Gasteiger partial charge in [0.15, 0.2) is 12.4 Å². The lowest BCUT2D eigenvalue weighted by Gasteiger charge is -2.57. The third-order valence-corrected chi connectivity index (χ3v) is 11.4. The number of fused-ring (bicyclic) bond motifs is 5. The largest absolute Gasteiger partial charge is 0.508 e. The van der Waals surface area contributed by atoms with Gasteiger partial charge in [-0.15, -0.1) is 0 Å². The maximum Gasteiger partial charge on any atom is 0.328 e. The predicted molar refractivity (Wildman–Crippen MR) is 163 cm³/mol. The van der Waals surface area contributed by atoms with E-state index in [9.17, 15) is 39.0 Å². The molecule has 248 valence electrons. The fourth-order valence-corrected chi connectivity index (χ4v) is 8.87. The fourth-order valence-electron chi connectivity index (χ4n) is 8.87. The minimum atomic E-state index is -1.84. The Hall–Kier alpha value is -3.86. The maximum absolute atomic E-state index is 13.8. The van der Waals surface area contributed by atoms with Crippen LogP contribution in [0.3, 0.4) is 0 Å². The first-order valence-corrected chi connectivity index (χ1v) is 16.0. The molecule has 46 heavy (non-hydrogen) atoms. The van der Waals surface area contributed by atoms with E-state index in [1.54, 1.807) is 25.1 Å². The van der Waals surface area contributed by atoms with Crippen LogP contribution in [0.5, 0.6) is 5.75 Å². The molecule has 5 rings (SSSR count). The molecule has 11 nitrogen and oxygen atoms in total. The summed E-state index contributed by atoms with van der Waals surface area (Å²) >= 11 is 0. The summed E-state index contributed by atoms with van der Waals surface area (Å²) in [5.41, 5.74) is -1.50. The van der Waals surface area contributed by atoms with Crippen LogP contribution in [0.4, 0.5) is 0 Å². The van der Waals surface area contributed by atoms with Gasteiger partial charge in [-0.2, -0.15) is 0 Å². The average Bonchev–Trinajstić information content (AvgIpc) is 3.29. The highest BCUT2D eigenvalue weighted by molar-refractivity contribution is 5.95. The first-order chi connectivity index (χ1) is 21.7. The van der Waals surface area contributed by atoms with Gasteiger partial charge in [0.25, 0.3) is 0 Å². The Bertz CT molecular complexity index is 1470. The SMILES string of the molecule is COC(=O)[C@H](Cc1ccc(O)cc1)NC(=O)CCC(=O)OCC(=O)[C@@]1(O)CC[C@@H]2[C@H]3CCC4=CC(=O)CC[C@]4(C)[C@@H]3C(=O)C[C@@]21C. The molecule has 7 atom stereocenters. The highest BCUT2D eigenvalue weighted by atomic mass is 16.5. The standard InChI is InChI=1S/C35H43NO10/c1-33-14-12-23(38)17-21(33)6-9-24-25-13-15-35(44,34(25,2)18-27(39)31(24)33)28(40)19-46-30(42)11-10-29(41)36-26(32(43)45-3)16-20-4-7-22(37)8-5-20/h4-5,7-8,17,24-26,31,37,44H,6,9-16,18-19H2,1-3H3,(H,36,41)/t24-,25-,26+,31+,33+,34+,35+/m1/s1. The van der Waals surface area contributed by atoms with Crippen LogP contribution in [0.25, 0.3) is 0 Å². The summed E-state index contributed by atoms with van der Waals surface area (Å²) in [7, 11) is 1.19. The van der Waals surface area contributed by atoms with E-state index in [2.05, 4.69) is 12.2 Å². The molecule has 3 fully saturated rings. The molecule has 0 saturated heterocycles. The Morgan fingerprint density at radius 3 is 2.43 bits per heavy atom. The second-order valence-corrected chi connectivity index (χ2v) is 13.9. The van der Waals surface area contributed by atoms with Crippen molar-refractivity contribution in [2.45, 2.75) is 89.7 Å². The maximum atomic E-state index is 13.8. The van der Waals surface area contributed by atoms with E-state index in [0.29, 0.717) is 24.8 Å². The van der Waals surface area contributed by atoms with E-state index < -0.39 is 47.3 Å². The molecule has 0 spiro atoms. The van der Waals surface area contributed by atoms with E-state index in [0.717, 1.165) is 18.4 Å². The molecule has 0 aliphatic heterocycles. The van der Waals surface area contributed by atoms with Crippen LogP contribution in [0.1, 0.15) is 77.2 Å². The number of allylic oxidation sites excluding steroid dienone is 1. The van der Waals surface area contributed by atoms with Crippen molar-refractivity contribution in [2.75, 3.05) is 13.7 Å². The first kappa shape index (κ1) is 33.5. The van der Waals surface area contributed by atoms with Crippen molar-refractivity contribution in [3.63, 3.8) is 0 Å². The lowest BCUT2D eigenvalue weighted by molar-refractivity contribution is -0.173. The number of benzene rings is 1. The van der Waals surface area contributed by atoms with Crippen LogP contribution in [0.2, 0.25) is 0 Å². The van der Waals surface area contributed by atoms with Crippen molar-refractivity contribution < 1.29 is 48.5 Å². The van der Waals surface area contributed by atoms with Crippen molar-refractivity contribution in [1.29, 1.82) is 0 Å². The summed E-state index contributed by atoms with van der Waals surface area (Å²) in [6, 6.07) is 5.11. The number of carbonyl (C=O) groups is 6. The summed E-state index contributed by atoms with van der Waals surface area (Å²) in [6.45, 7) is 3.21. The molecule has 11 heteroatoms. The molecule has 1 aromatic carbocycles. The van der Waals surface area contributed by atoms with Gasteiger partial charge in [-0.3, -0.25) is 24.0 Å². The molecule has 4 aliphatic rings. The molecular formula is C35H43NO10. The van der Waals surface area contributed by atoms with Crippen molar-refractivity contribution >= 4 is 35.2 Å². The summed E-state index contributed by atoms with van der Waals surface area (Å²) in [6.07, 6.45) is 4.43. The van der Waals surface area contributed by atoms with E-state index >= 15 is 0 Å². The molecule has 1 aromatic rings. The number of esters is 2. The van der Waals surface area contributed by atoms with Crippen LogP contribution in [-0.2, 0) is 44.7 Å². The van der Waals surface area contributed by atoms with Gasteiger partial charge < -0.3 is 25.0 Å². The zero-order chi connectivity index (χ0) is 33.4. The third-order valence-electron chi connectivity index (χ3n) is 11.4. The Labute approximate surface area is 268 Å². The van der Waals surface area contributed by atoms with E-state index in [-0.39, 0.29) is 72.6 Å². The normalized spacial score (nSPS) is 32.3. The average molecular weight is 638 g/mol. The van der Waals surface area contributed by atoms with Gasteiger partial charge in [-0.25, -0.2) is 4.79 Å². The molecule has 0 aromatic heterocycles. The Morgan fingerprint density at radius 1 is 1.02 bits per heavy atom. The van der Waals surface area contributed by atoms with Crippen molar-refractivity contribution in [2.24, 2.45) is 28.6 Å². The number of Topliss-reactive ketones (excluding diaryl/α,β-unsaturated/α-hetero) is 2. The number of aromatic hydroxyl groups is 1. The second-order valence-electron chi connectivity index (χ2n) is 13.9. The van der Waals surface area contributed by atoms with Gasteiger partial charge in [0.05, 0.1) is 13.5 Å². The van der Waals surface area contributed by atoms with E-state index in [4.69, 9.17) is 9.47 Å². The first-order valence-electron chi connectivity index (χ1n) is 16.0. The fraction of sp³-hybridized carbons (Fsp3) is 0.600. The smallest absolute Gasteiger partial charge is 0.328 e. The minimum Gasteiger partial charge on any atom is -0.508 e. The van der Waals surface area contributed by atoms with Gasteiger partial charge in [0.2, 0.25) is 11.7 Å². The third kappa shape index (κ3) is 6.01. The zero-order valence-electron chi connectivity index (χ0n) is 26.6. The van der Waals surface area contributed by atoms with Crippen LogP contribution in [0.15, 0.2) is 35.9 Å². The van der Waals surface area contributed by atoms with Crippen LogP contribution in [0, 0.1) is 28.6 Å². The Morgan fingerprint density at radius 2 is 1.74 bits per heavy atom. The highest BCUT2D eigenvalue weighted by Gasteiger charge is 2.68. The summed E-state index contributed by atoms with van der Waals surface area (Å²) in [4.78, 5) is 76.7. The summed E-state index contributed by atoms with van der Waals surface area (Å²) in [5.74, 6) is -2.90. The number of ketones is 3. The second kappa shape index (κ2) is 12.7. The molecule has 0 radical (unpaired) electrons. The number of phenolic OH excluding ortho intramolecular Hbond substituents is 1. The molecule has 3 N–H and O–H groups in total. The number of hydrogen-bond donors (Lipinski definition) is 3. The number of ether oxygens (including phenoxy) is 2. The van der Waals surface area contributed by atoms with Crippen LogP contribution >= 0.6 is 0 Å². The lowest BCUT2D eigenvalue weighted by atomic mass is 9.46. The number of carbonyl (C=O) groups excluding carboxylic acids is 6. The van der Waals surface area contributed by atoms with Crippen LogP contribution in [-0.4, -0.2) is 70.8 Å². The van der Waals surface area contributed by atoms with Crippen molar-refractivity contribution in [3.05, 3.63) is 41.5 Å². The summed E-state index contributed by atoms with van der Waals surface area (Å²) in [5, 5.41) is 23.8. The zero-order valence-corrected chi connectivity index (χ0v) is 26.6. The number of phenols is 1. The summed E-state index contributed by atoms with van der Waals surface area (Å²) < 4.78 is 9.98. The van der Waals surface area contributed by atoms with Gasteiger partial charge in [-0.05, 0) is 73.1 Å². The van der Waals surface area contributed by atoms with Gasteiger partial charge >= 0.3 is 11.9 Å². The predicted octanol–water partition coefficient (Wildman–Crippen LogP) is 2.93. The molecular weight excluding hydrogens is 594 g/mol. The molecule has 0 heterocycles. The van der Waals surface area contributed by atoms with E-state index in [1.807, 2.05) is 0 Å². The topological polar surface area (TPSA) is 173 Å². The number of amides is 1. The van der Waals surface area contributed by atoms with Crippen molar-refractivity contribution in [1.82, 2.24) is 5.32 Å². The molecule has 3 saturated carbocycles. The Balaban J connectivity index is 1.16. The van der Waals surface area contributed by atoms with E-state index in [1.165, 1.54) is 19.2 Å². The minimum absolute atomic E-state index is 0.00709. The quantitative estimate of drug-likeness (QED) is 0.324. The number of hydrogen-bond acceptors (Lipinski definition) is 10. The molecule has 0 bridgehead atoms. The Kier molecular flexibility index (Phi) is 9.28. The number of nitrogens with one attached hydrogen (secondary N) is 1. The molecule has 4 aliphatic carbocycles. The van der Waals surface area contributed by atoms with Crippen LogP contribution < -0.4 is 5.32 Å². The van der Waals surface area contributed by atoms with Gasteiger partial charge in [-0.1, -0.05) is 31.6 Å². The van der Waals surface area contributed by atoms with Crippen molar-refractivity contribution in [3.8, 4) is 5.75 Å². The molecule has 1 amide bonds. The molecule has 0 unspecified atom stereocenters. The van der Waals surface area contributed by atoms with Gasteiger partial charge in [0, 0.05) is 37.0 Å². The number of aliphatic hydroxyl groups is 1.